The lowest BCUT2D eigenvalue weighted by atomic mass is 10.1. The van der Waals surface area contributed by atoms with Crippen LogP contribution in [-0.4, -0.2) is 13.1 Å². The predicted octanol–water partition coefficient (Wildman–Crippen LogP) is 3.88. The summed E-state index contributed by atoms with van der Waals surface area (Å²) in [5.74, 6) is 0.790. The van der Waals surface area contributed by atoms with Crippen LogP contribution in [0.1, 0.15) is 43.4 Å². The van der Waals surface area contributed by atoms with Gasteiger partial charge in [-0.15, -0.1) is 11.3 Å². The number of rotatable bonds is 8. The molecule has 0 fully saturated rings. The van der Waals surface area contributed by atoms with Crippen LogP contribution in [0.4, 0.5) is 0 Å². The molecule has 0 aliphatic carbocycles. The van der Waals surface area contributed by atoms with E-state index in [1.807, 2.05) is 11.3 Å². The first-order valence-corrected chi connectivity index (χ1v) is 7.36. The summed E-state index contributed by atoms with van der Waals surface area (Å²) in [5.41, 5.74) is 0. The third-order valence-corrected chi connectivity index (χ3v) is 4.16. The van der Waals surface area contributed by atoms with Crippen molar-refractivity contribution in [3.05, 3.63) is 21.9 Å². The fourth-order valence-corrected chi connectivity index (χ4v) is 2.74. The third-order valence-electron chi connectivity index (χ3n) is 2.87. The first-order valence-electron chi connectivity index (χ1n) is 6.54. The molecule has 0 spiro atoms. The first-order chi connectivity index (χ1) is 7.76. The molecule has 0 saturated carbocycles. The third kappa shape index (κ3) is 5.13. The largest absolute Gasteiger partial charge is 0.316 e. The van der Waals surface area contributed by atoms with Gasteiger partial charge in [0.1, 0.15) is 0 Å². The standard InChI is InChI=1S/C14H25NS/c1-4-10-15-11-12(3)6-7-14-9-8-13(5-2)16-14/h8-9,12,15H,4-7,10-11H2,1-3H3. The maximum absolute atomic E-state index is 3.49. The second-order valence-corrected chi connectivity index (χ2v) is 5.82. The zero-order valence-electron chi connectivity index (χ0n) is 10.9. The Morgan fingerprint density at radius 1 is 1.25 bits per heavy atom. The Morgan fingerprint density at radius 3 is 2.62 bits per heavy atom. The highest BCUT2D eigenvalue weighted by Gasteiger charge is 2.04. The van der Waals surface area contributed by atoms with E-state index in [0.29, 0.717) is 0 Å². The van der Waals surface area contributed by atoms with Crippen molar-refractivity contribution in [3.8, 4) is 0 Å². The molecule has 0 aliphatic rings. The van der Waals surface area contributed by atoms with Crippen LogP contribution in [0, 0.1) is 5.92 Å². The van der Waals surface area contributed by atoms with Gasteiger partial charge in [0, 0.05) is 9.75 Å². The number of aryl methyl sites for hydroxylation is 2. The normalized spacial score (nSPS) is 12.9. The van der Waals surface area contributed by atoms with Crippen LogP contribution >= 0.6 is 11.3 Å². The van der Waals surface area contributed by atoms with E-state index in [2.05, 4.69) is 38.2 Å². The molecule has 1 rings (SSSR count). The van der Waals surface area contributed by atoms with Gasteiger partial charge >= 0.3 is 0 Å². The molecule has 16 heavy (non-hydrogen) atoms. The molecule has 1 heterocycles. The second-order valence-electron chi connectivity index (χ2n) is 4.57. The molecule has 2 heteroatoms. The van der Waals surface area contributed by atoms with Gasteiger partial charge < -0.3 is 5.32 Å². The van der Waals surface area contributed by atoms with E-state index in [-0.39, 0.29) is 0 Å². The average molecular weight is 239 g/mol. The summed E-state index contributed by atoms with van der Waals surface area (Å²) in [7, 11) is 0. The van der Waals surface area contributed by atoms with E-state index in [1.165, 1.54) is 37.1 Å². The Morgan fingerprint density at radius 2 is 2.00 bits per heavy atom. The summed E-state index contributed by atoms with van der Waals surface area (Å²) >= 11 is 1.98. The molecular formula is C14H25NS. The number of hydrogen-bond donors (Lipinski definition) is 1. The molecule has 0 aromatic carbocycles. The van der Waals surface area contributed by atoms with Gasteiger partial charge in [-0.05, 0) is 56.8 Å². The molecule has 0 aliphatic heterocycles. The summed E-state index contributed by atoms with van der Waals surface area (Å²) in [6.45, 7) is 9.11. The summed E-state index contributed by atoms with van der Waals surface area (Å²) in [5, 5.41) is 3.49. The molecule has 1 unspecified atom stereocenters. The van der Waals surface area contributed by atoms with Crippen LogP contribution < -0.4 is 5.32 Å². The van der Waals surface area contributed by atoms with Crippen molar-refractivity contribution < 1.29 is 0 Å². The Balaban J connectivity index is 2.18. The van der Waals surface area contributed by atoms with E-state index >= 15 is 0 Å². The lowest BCUT2D eigenvalue weighted by Crippen LogP contribution is -2.22. The first kappa shape index (κ1) is 13.7. The van der Waals surface area contributed by atoms with E-state index < -0.39 is 0 Å². The Labute approximate surface area is 104 Å². The smallest absolute Gasteiger partial charge is 0.00482 e. The number of thiophene rings is 1. The zero-order valence-corrected chi connectivity index (χ0v) is 11.7. The molecule has 0 saturated heterocycles. The van der Waals surface area contributed by atoms with E-state index in [1.54, 1.807) is 4.88 Å². The Kier molecular flexibility index (Phi) is 6.74. The predicted molar refractivity (Wildman–Crippen MR) is 74.3 cm³/mol. The molecule has 1 aromatic rings. The minimum Gasteiger partial charge on any atom is -0.316 e. The van der Waals surface area contributed by atoms with Crippen molar-refractivity contribution in [2.75, 3.05) is 13.1 Å². The van der Waals surface area contributed by atoms with Crippen LogP contribution in [0.2, 0.25) is 0 Å². The van der Waals surface area contributed by atoms with Gasteiger partial charge in [0.25, 0.3) is 0 Å². The molecule has 1 nitrogen and oxygen atoms in total. The molecular weight excluding hydrogens is 214 g/mol. The van der Waals surface area contributed by atoms with Crippen LogP contribution in [0.5, 0.6) is 0 Å². The van der Waals surface area contributed by atoms with Gasteiger partial charge in [-0.1, -0.05) is 20.8 Å². The van der Waals surface area contributed by atoms with Crippen molar-refractivity contribution in [2.45, 2.75) is 46.5 Å². The molecule has 1 N–H and O–H groups in total. The minimum absolute atomic E-state index is 0.790. The highest BCUT2D eigenvalue weighted by molar-refractivity contribution is 7.11. The number of nitrogens with one attached hydrogen (secondary N) is 1. The fraction of sp³-hybridized carbons (Fsp3) is 0.714. The molecule has 0 radical (unpaired) electrons. The second kappa shape index (κ2) is 7.86. The summed E-state index contributed by atoms with van der Waals surface area (Å²) in [4.78, 5) is 3.07. The van der Waals surface area contributed by atoms with Crippen molar-refractivity contribution >= 4 is 11.3 Å². The molecule has 1 atom stereocenters. The Hall–Kier alpha value is -0.340. The van der Waals surface area contributed by atoms with Crippen molar-refractivity contribution in [1.29, 1.82) is 0 Å². The highest BCUT2D eigenvalue weighted by Crippen LogP contribution is 2.19. The van der Waals surface area contributed by atoms with Crippen LogP contribution in [0.15, 0.2) is 12.1 Å². The van der Waals surface area contributed by atoms with Gasteiger partial charge in [-0.25, -0.2) is 0 Å². The van der Waals surface area contributed by atoms with Gasteiger partial charge in [0.05, 0.1) is 0 Å². The van der Waals surface area contributed by atoms with Crippen LogP contribution in [-0.2, 0) is 12.8 Å². The maximum Gasteiger partial charge on any atom is 0.00482 e. The van der Waals surface area contributed by atoms with Gasteiger partial charge in [-0.2, -0.15) is 0 Å². The maximum atomic E-state index is 3.49. The molecule has 0 amide bonds. The van der Waals surface area contributed by atoms with Crippen molar-refractivity contribution in [3.63, 3.8) is 0 Å². The lowest BCUT2D eigenvalue weighted by Gasteiger charge is -2.11. The molecule has 92 valence electrons. The van der Waals surface area contributed by atoms with E-state index in [9.17, 15) is 0 Å². The zero-order chi connectivity index (χ0) is 11.8. The van der Waals surface area contributed by atoms with Gasteiger partial charge in [-0.3, -0.25) is 0 Å². The summed E-state index contributed by atoms with van der Waals surface area (Å²) in [6, 6.07) is 4.58. The van der Waals surface area contributed by atoms with Crippen molar-refractivity contribution in [2.24, 2.45) is 5.92 Å². The monoisotopic (exact) mass is 239 g/mol. The quantitative estimate of drug-likeness (QED) is 0.679. The fourth-order valence-electron chi connectivity index (χ4n) is 1.76. The van der Waals surface area contributed by atoms with Gasteiger partial charge in [0.2, 0.25) is 0 Å². The average Bonchev–Trinajstić information content (AvgIpc) is 2.74. The van der Waals surface area contributed by atoms with E-state index in [0.717, 1.165) is 12.5 Å². The summed E-state index contributed by atoms with van der Waals surface area (Å²) in [6.07, 6.45) is 4.97. The van der Waals surface area contributed by atoms with Gasteiger partial charge in [0.15, 0.2) is 0 Å². The Bertz CT molecular complexity index is 280. The highest BCUT2D eigenvalue weighted by atomic mass is 32.1. The molecule has 1 aromatic heterocycles. The minimum atomic E-state index is 0.790. The summed E-state index contributed by atoms with van der Waals surface area (Å²) < 4.78 is 0. The van der Waals surface area contributed by atoms with E-state index in [4.69, 9.17) is 0 Å². The SMILES string of the molecule is CCCNCC(C)CCc1ccc(CC)s1. The number of hydrogen-bond acceptors (Lipinski definition) is 2. The van der Waals surface area contributed by atoms with Crippen LogP contribution in [0.25, 0.3) is 0 Å². The topological polar surface area (TPSA) is 12.0 Å². The van der Waals surface area contributed by atoms with Crippen LogP contribution in [0.3, 0.4) is 0 Å². The van der Waals surface area contributed by atoms with Crippen molar-refractivity contribution in [1.82, 2.24) is 5.32 Å². The lowest BCUT2D eigenvalue weighted by molar-refractivity contribution is 0.483. The molecule has 0 bridgehead atoms.